The maximum atomic E-state index is 13.3. The summed E-state index contributed by atoms with van der Waals surface area (Å²) in [4.78, 5) is 35.9. The number of carbonyl (C=O) groups excluding carboxylic acids is 2. The van der Waals surface area contributed by atoms with Crippen molar-refractivity contribution in [1.29, 1.82) is 0 Å². The Labute approximate surface area is 247 Å². The Morgan fingerprint density at radius 3 is 2.85 bits per heavy atom. The van der Waals surface area contributed by atoms with Crippen LogP contribution in [0.3, 0.4) is 0 Å². The summed E-state index contributed by atoms with van der Waals surface area (Å²) in [5.41, 5.74) is 10.00. The molecule has 2 aliphatic rings. The zero-order chi connectivity index (χ0) is 29.1. The minimum Gasteiger partial charge on any atom is -0.490 e. The molecule has 0 aromatic carbocycles. The SMILES string of the molecule is COC(=O)N1CC=C(c2cc(N3CCC[C@@H](NC(=O)c4sc(Cl)cc4OCCN(C)C)C3)c3c(N)ncnn23)CC1. The van der Waals surface area contributed by atoms with Gasteiger partial charge in [-0.15, -0.1) is 11.3 Å². The fourth-order valence-corrected chi connectivity index (χ4v) is 6.29. The molecule has 1 atom stereocenters. The zero-order valence-electron chi connectivity index (χ0n) is 23.4. The molecule has 0 spiro atoms. The highest BCUT2D eigenvalue weighted by Gasteiger charge is 2.29. The van der Waals surface area contributed by atoms with E-state index in [1.807, 2.05) is 29.6 Å². The lowest BCUT2D eigenvalue weighted by atomic mass is 10.0. The number of carbonyl (C=O) groups is 2. The van der Waals surface area contributed by atoms with E-state index in [0.29, 0.717) is 53.4 Å². The summed E-state index contributed by atoms with van der Waals surface area (Å²) in [7, 11) is 5.32. The molecule has 1 saturated heterocycles. The van der Waals surface area contributed by atoms with E-state index in [4.69, 9.17) is 26.8 Å². The summed E-state index contributed by atoms with van der Waals surface area (Å²) in [6, 6.07) is 3.70. The minimum absolute atomic E-state index is 0.0847. The Morgan fingerprint density at radius 1 is 1.29 bits per heavy atom. The maximum Gasteiger partial charge on any atom is 0.409 e. The van der Waals surface area contributed by atoms with Crippen molar-refractivity contribution in [2.45, 2.75) is 25.3 Å². The first-order valence-electron chi connectivity index (χ1n) is 13.5. The standard InChI is InChI=1S/C27H35ClN8O4S/c1-33(2)11-12-40-21-14-22(28)41-24(21)26(37)32-18-5-4-8-35(15-18)20-13-19(36-23(20)25(29)30-16-31-36)17-6-9-34(10-7-17)27(38)39-3/h6,13-14,16,18H,4-5,7-12,15H2,1-3H3,(H,32,37)(H2,29,30,31)/t18-/m1/s1. The van der Waals surface area contributed by atoms with Crippen LogP contribution in [0.25, 0.3) is 11.1 Å². The highest BCUT2D eigenvalue weighted by atomic mass is 35.5. The number of halogens is 1. The van der Waals surface area contributed by atoms with Crippen molar-refractivity contribution in [2.75, 3.05) is 71.2 Å². The van der Waals surface area contributed by atoms with Crippen LogP contribution in [0.2, 0.25) is 4.34 Å². The fraction of sp³-hybridized carbons (Fsp3) is 0.481. The van der Waals surface area contributed by atoms with E-state index in [2.05, 4.69) is 26.4 Å². The summed E-state index contributed by atoms with van der Waals surface area (Å²) in [5, 5.41) is 7.70. The lowest BCUT2D eigenvalue weighted by molar-refractivity contribution is 0.0933. The predicted octanol–water partition coefficient (Wildman–Crippen LogP) is 3.22. The van der Waals surface area contributed by atoms with Crippen LogP contribution < -0.4 is 20.7 Å². The van der Waals surface area contributed by atoms with Gasteiger partial charge in [-0.1, -0.05) is 17.7 Å². The van der Waals surface area contributed by atoms with Crippen molar-refractivity contribution in [2.24, 2.45) is 0 Å². The molecule has 5 rings (SSSR count). The topological polar surface area (TPSA) is 131 Å². The Hall–Kier alpha value is -3.55. The number of rotatable bonds is 8. The molecule has 41 heavy (non-hydrogen) atoms. The second kappa shape index (κ2) is 12.5. The minimum atomic E-state index is -0.342. The Morgan fingerprint density at radius 2 is 2.12 bits per heavy atom. The number of ether oxygens (including phenoxy) is 2. The van der Waals surface area contributed by atoms with Gasteiger partial charge in [0.1, 0.15) is 29.1 Å². The van der Waals surface area contributed by atoms with Crippen LogP contribution in [0, 0.1) is 0 Å². The molecule has 2 amide bonds. The van der Waals surface area contributed by atoms with E-state index in [1.165, 1.54) is 24.8 Å². The third-order valence-electron chi connectivity index (χ3n) is 7.30. The van der Waals surface area contributed by atoms with Crippen molar-refractivity contribution >= 4 is 57.5 Å². The molecule has 5 heterocycles. The Bertz CT molecular complexity index is 1450. The third kappa shape index (κ3) is 6.36. The highest BCUT2D eigenvalue weighted by Crippen LogP contribution is 2.36. The molecule has 0 saturated carbocycles. The number of hydrogen-bond acceptors (Lipinski definition) is 10. The molecule has 0 aliphatic carbocycles. The number of nitrogens with one attached hydrogen (secondary N) is 1. The first-order valence-corrected chi connectivity index (χ1v) is 14.7. The van der Waals surface area contributed by atoms with Gasteiger partial charge < -0.3 is 35.2 Å². The van der Waals surface area contributed by atoms with Gasteiger partial charge in [0.25, 0.3) is 5.91 Å². The Kier molecular flexibility index (Phi) is 8.85. The van der Waals surface area contributed by atoms with Gasteiger partial charge in [-0.2, -0.15) is 5.10 Å². The van der Waals surface area contributed by atoms with Crippen LogP contribution in [0.1, 0.15) is 34.6 Å². The fourth-order valence-electron chi connectivity index (χ4n) is 5.23. The number of thiophene rings is 1. The van der Waals surface area contributed by atoms with E-state index in [9.17, 15) is 9.59 Å². The van der Waals surface area contributed by atoms with Crippen molar-refractivity contribution in [1.82, 2.24) is 29.7 Å². The van der Waals surface area contributed by atoms with E-state index in [1.54, 1.807) is 11.0 Å². The van der Waals surface area contributed by atoms with Gasteiger partial charge in [0, 0.05) is 44.8 Å². The lowest BCUT2D eigenvalue weighted by Gasteiger charge is -2.34. The van der Waals surface area contributed by atoms with Crippen molar-refractivity contribution in [3.8, 4) is 5.75 Å². The van der Waals surface area contributed by atoms with Crippen LogP contribution in [-0.4, -0.2) is 103 Å². The van der Waals surface area contributed by atoms with Crippen molar-refractivity contribution < 1.29 is 19.1 Å². The molecule has 12 nitrogen and oxygen atoms in total. The van der Waals surface area contributed by atoms with Gasteiger partial charge >= 0.3 is 6.09 Å². The van der Waals surface area contributed by atoms with Crippen LogP contribution >= 0.6 is 22.9 Å². The molecular formula is C27H35ClN8O4S. The summed E-state index contributed by atoms with van der Waals surface area (Å²) in [5.74, 6) is 0.695. The second-order valence-electron chi connectivity index (χ2n) is 10.4. The van der Waals surface area contributed by atoms with Crippen molar-refractivity contribution in [3.63, 3.8) is 0 Å². The van der Waals surface area contributed by atoms with Crippen LogP contribution in [0.15, 0.2) is 24.5 Å². The van der Waals surface area contributed by atoms with Crippen molar-refractivity contribution in [3.05, 3.63) is 39.4 Å². The molecule has 2 aliphatic heterocycles. The molecule has 220 valence electrons. The summed E-state index contributed by atoms with van der Waals surface area (Å²) in [6.07, 6.45) is 5.52. The molecule has 14 heteroatoms. The number of aromatic nitrogens is 3. The number of methoxy groups -OCH3 is 1. The number of nitrogens with two attached hydrogens (primary N) is 1. The van der Waals surface area contributed by atoms with Gasteiger partial charge in [-0.05, 0) is 45.0 Å². The average Bonchev–Trinajstić information content (AvgIpc) is 3.54. The number of hydrogen-bond donors (Lipinski definition) is 2. The van der Waals surface area contributed by atoms with Gasteiger partial charge in [0.15, 0.2) is 5.82 Å². The number of anilines is 2. The van der Waals surface area contributed by atoms with Gasteiger partial charge in [-0.3, -0.25) is 4.79 Å². The largest absolute Gasteiger partial charge is 0.490 e. The quantitative estimate of drug-likeness (QED) is 0.399. The number of likely N-dealkylation sites (N-methyl/N-ethyl adjacent to an activating group) is 1. The molecule has 0 radical (unpaired) electrons. The van der Waals surface area contributed by atoms with E-state index in [-0.39, 0.29) is 18.0 Å². The first-order chi connectivity index (χ1) is 19.7. The Balaban J connectivity index is 1.34. The van der Waals surface area contributed by atoms with Crippen LogP contribution in [0.4, 0.5) is 16.3 Å². The lowest BCUT2D eigenvalue weighted by Crippen LogP contribution is -2.47. The van der Waals surface area contributed by atoms with Gasteiger partial charge in [-0.25, -0.2) is 14.3 Å². The number of amides is 2. The van der Waals surface area contributed by atoms with Crippen LogP contribution in [0.5, 0.6) is 5.75 Å². The van der Waals surface area contributed by atoms with E-state index in [0.717, 1.165) is 48.4 Å². The number of nitrogen functional groups attached to an aromatic ring is 1. The number of nitrogens with zero attached hydrogens (tertiary/aromatic N) is 6. The van der Waals surface area contributed by atoms with Crippen LogP contribution in [-0.2, 0) is 4.74 Å². The predicted molar refractivity (Wildman–Crippen MR) is 160 cm³/mol. The maximum absolute atomic E-state index is 13.3. The molecule has 0 bridgehead atoms. The zero-order valence-corrected chi connectivity index (χ0v) is 25.0. The number of piperidine rings is 1. The smallest absolute Gasteiger partial charge is 0.409 e. The van der Waals surface area contributed by atoms with Gasteiger partial charge in [0.05, 0.1) is 22.8 Å². The highest BCUT2D eigenvalue weighted by molar-refractivity contribution is 7.18. The second-order valence-corrected chi connectivity index (χ2v) is 12.1. The van der Waals surface area contributed by atoms with E-state index >= 15 is 0 Å². The summed E-state index contributed by atoms with van der Waals surface area (Å²) in [6.45, 7) is 3.60. The monoisotopic (exact) mass is 602 g/mol. The molecular weight excluding hydrogens is 568 g/mol. The summed E-state index contributed by atoms with van der Waals surface area (Å²) < 4.78 is 13.1. The molecule has 1 fully saturated rings. The molecule has 3 aromatic heterocycles. The van der Waals surface area contributed by atoms with E-state index < -0.39 is 0 Å². The summed E-state index contributed by atoms with van der Waals surface area (Å²) >= 11 is 7.47. The van der Waals surface area contributed by atoms with Gasteiger partial charge in [0.2, 0.25) is 0 Å². The first kappa shape index (κ1) is 29.0. The molecule has 3 N–H and O–H groups in total. The third-order valence-corrected chi connectivity index (χ3v) is 8.55. The normalized spacial score (nSPS) is 17.6. The molecule has 3 aromatic rings. The average molecular weight is 603 g/mol. The molecule has 0 unspecified atom stereocenters. The number of fused-ring (bicyclic) bond motifs is 1.